The van der Waals surface area contributed by atoms with Crippen molar-refractivity contribution in [2.24, 2.45) is 11.7 Å². The summed E-state index contributed by atoms with van der Waals surface area (Å²) >= 11 is 0. The van der Waals surface area contributed by atoms with Gasteiger partial charge in [-0.3, -0.25) is 0 Å². The van der Waals surface area contributed by atoms with Crippen LogP contribution in [0.4, 0.5) is 0 Å². The Morgan fingerprint density at radius 1 is 1.27 bits per heavy atom. The van der Waals surface area contributed by atoms with Gasteiger partial charge in [-0.25, -0.2) is 0 Å². The molecule has 2 heteroatoms. The maximum absolute atomic E-state index is 5.95. The molecule has 0 amide bonds. The second kappa shape index (κ2) is 4.07. The molecule has 0 aromatic heterocycles. The van der Waals surface area contributed by atoms with Crippen LogP contribution in [0.1, 0.15) is 32.6 Å². The highest BCUT2D eigenvalue weighted by Crippen LogP contribution is 2.21. The lowest BCUT2D eigenvalue weighted by atomic mass is 10.0. The summed E-state index contributed by atoms with van der Waals surface area (Å²) in [5.74, 6) is 0.823. The fraction of sp³-hybridized carbons (Fsp3) is 1.00. The minimum absolute atomic E-state index is 0.421. The first-order valence-electron chi connectivity index (χ1n) is 4.65. The lowest BCUT2D eigenvalue weighted by molar-refractivity contribution is 0.466. The maximum atomic E-state index is 5.95. The minimum atomic E-state index is 0.421. The first-order valence-corrected chi connectivity index (χ1v) is 4.65. The third-order valence-electron chi connectivity index (χ3n) is 2.71. The normalized spacial score (nSPS) is 40.1. The molecule has 1 aliphatic rings. The van der Waals surface area contributed by atoms with Crippen molar-refractivity contribution in [3.63, 3.8) is 0 Å². The molecule has 0 saturated heterocycles. The summed E-state index contributed by atoms with van der Waals surface area (Å²) in [7, 11) is 2.04. The Labute approximate surface area is 69.5 Å². The first kappa shape index (κ1) is 9.01. The summed E-state index contributed by atoms with van der Waals surface area (Å²) in [6, 6.07) is 1.08. The number of rotatable bonds is 1. The molecule has 1 unspecified atom stereocenters. The molecular weight excluding hydrogens is 136 g/mol. The lowest BCUT2D eigenvalue weighted by Crippen LogP contribution is -2.31. The number of hydrogen-bond donors (Lipinski definition) is 2. The molecule has 2 nitrogen and oxygen atoms in total. The van der Waals surface area contributed by atoms with E-state index in [-0.39, 0.29) is 0 Å². The average molecular weight is 156 g/mol. The van der Waals surface area contributed by atoms with E-state index in [0.29, 0.717) is 12.1 Å². The Kier molecular flexibility index (Phi) is 3.34. The third kappa shape index (κ3) is 2.80. The van der Waals surface area contributed by atoms with Crippen molar-refractivity contribution in [1.29, 1.82) is 0 Å². The Morgan fingerprint density at radius 2 is 2.00 bits per heavy atom. The van der Waals surface area contributed by atoms with E-state index >= 15 is 0 Å². The highest BCUT2D eigenvalue weighted by molar-refractivity contribution is 4.79. The molecule has 1 fully saturated rings. The van der Waals surface area contributed by atoms with E-state index in [2.05, 4.69) is 12.2 Å². The second-order valence-corrected chi connectivity index (χ2v) is 3.90. The van der Waals surface area contributed by atoms with Gasteiger partial charge in [-0.05, 0) is 38.6 Å². The molecule has 66 valence electrons. The molecule has 0 radical (unpaired) electrons. The molecule has 0 aliphatic heterocycles. The second-order valence-electron chi connectivity index (χ2n) is 3.90. The fourth-order valence-corrected chi connectivity index (χ4v) is 1.96. The SMILES string of the molecule is CN[C@@H]1CC[C@H](C)CC(N)C1. The van der Waals surface area contributed by atoms with Crippen LogP contribution >= 0.6 is 0 Å². The van der Waals surface area contributed by atoms with Gasteiger partial charge in [0.1, 0.15) is 0 Å². The largest absolute Gasteiger partial charge is 0.328 e. The van der Waals surface area contributed by atoms with E-state index < -0.39 is 0 Å². The smallest absolute Gasteiger partial charge is 0.00788 e. The van der Waals surface area contributed by atoms with Crippen LogP contribution in [-0.4, -0.2) is 19.1 Å². The van der Waals surface area contributed by atoms with Crippen LogP contribution in [-0.2, 0) is 0 Å². The average Bonchev–Trinajstić information content (AvgIpc) is 2.11. The predicted molar refractivity (Wildman–Crippen MR) is 48.5 cm³/mol. The Bertz CT molecular complexity index is 114. The van der Waals surface area contributed by atoms with Crippen molar-refractivity contribution >= 4 is 0 Å². The molecule has 0 spiro atoms. The van der Waals surface area contributed by atoms with Crippen molar-refractivity contribution in [3.8, 4) is 0 Å². The zero-order valence-electron chi connectivity index (χ0n) is 7.64. The van der Waals surface area contributed by atoms with E-state index in [0.717, 1.165) is 12.3 Å². The van der Waals surface area contributed by atoms with Gasteiger partial charge in [0.25, 0.3) is 0 Å². The molecule has 3 atom stereocenters. The van der Waals surface area contributed by atoms with Crippen molar-refractivity contribution in [2.45, 2.75) is 44.7 Å². The summed E-state index contributed by atoms with van der Waals surface area (Å²) in [5, 5.41) is 3.31. The van der Waals surface area contributed by atoms with Crippen LogP contribution in [0.2, 0.25) is 0 Å². The monoisotopic (exact) mass is 156 g/mol. The molecule has 0 aromatic carbocycles. The summed E-state index contributed by atoms with van der Waals surface area (Å²) in [6.07, 6.45) is 4.99. The number of nitrogens with one attached hydrogen (secondary N) is 1. The van der Waals surface area contributed by atoms with Gasteiger partial charge < -0.3 is 11.1 Å². The topological polar surface area (TPSA) is 38.0 Å². The Morgan fingerprint density at radius 3 is 2.64 bits per heavy atom. The fourth-order valence-electron chi connectivity index (χ4n) is 1.96. The van der Waals surface area contributed by atoms with E-state index in [1.807, 2.05) is 7.05 Å². The predicted octanol–water partition coefficient (Wildman–Crippen LogP) is 1.11. The molecule has 0 bridgehead atoms. The van der Waals surface area contributed by atoms with Crippen LogP contribution in [0.5, 0.6) is 0 Å². The van der Waals surface area contributed by atoms with E-state index in [1.54, 1.807) is 0 Å². The van der Waals surface area contributed by atoms with E-state index in [1.165, 1.54) is 19.3 Å². The van der Waals surface area contributed by atoms with Gasteiger partial charge in [-0.15, -0.1) is 0 Å². The quantitative estimate of drug-likeness (QED) is 0.558. The summed E-state index contributed by atoms with van der Waals surface area (Å²) in [6.45, 7) is 2.30. The van der Waals surface area contributed by atoms with Crippen molar-refractivity contribution in [3.05, 3.63) is 0 Å². The van der Waals surface area contributed by atoms with Crippen LogP contribution < -0.4 is 11.1 Å². The van der Waals surface area contributed by atoms with Crippen LogP contribution in [0.3, 0.4) is 0 Å². The standard InChI is InChI=1S/C9H20N2/c1-7-3-4-9(11-2)6-8(10)5-7/h7-9,11H,3-6,10H2,1-2H3/t7-,8?,9+/m0/s1. The highest BCUT2D eigenvalue weighted by Gasteiger charge is 2.19. The highest BCUT2D eigenvalue weighted by atomic mass is 14.9. The molecule has 3 N–H and O–H groups in total. The van der Waals surface area contributed by atoms with Gasteiger partial charge in [0.2, 0.25) is 0 Å². The van der Waals surface area contributed by atoms with Gasteiger partial charge in [-0.1, -0.05) is 6.92 Å². The van der Waals surface area contributed by atoms with Gasteiger partial charge in [0, 0.05) is 12.1 Å². The molecule has 1 rings (SSSR count). The summed E-state index contributed by atoms with van der Waals surface area (Å²) < 4.78 is 0. The lowest BCUT2D eigenvalue weighted by Gasteiger charge is -2.15. The molecule has 1 aliphatic carbocycles. The van der Waals surface area contributed by atoms with Crippen molar-refractivity contribution < 1.29 is 0 Å². The van der Waals surface area contributed by atoms with Gasteiger partial charge >= 0.3 is 0 Å². The molecule has 0 heterocycles. The van der Waals surface area contributed by atoms with Crippen molar-refractivity contribution in [2.75, 3.05) is 7.05 Å². The van der Waals surface area contributed by atoms with Gasteiger partial charge in [0.15, 0.2) is 0 Å². The van der Waals surface area contributed by atoms with Crippen LogP contribution in [0, 0.1) is 5.92 Å². The van der Waals surface area contributed by atoms with E-state index in [9.17, 15) is 0 Å². The minimum Gasteiger partial charge on any atom is -0.328 e. The Hall–Kier alpha value is -0.0800. The third-order valence-corrected chi connectivity index (χ3v) is 2.71. The molecule has 11 heavy (non-hydrogen) atoms. The number of hydrogen-bond acceptors (Lipinski definition) is 2. The molecule has 1 saturated carbocycles. The van der Waals surface area contributed by atoms with Gasteiger partial charge in [0.05, 0.1) is 0 Å². The Balaban J connectivity index is 2.39. The zero-order valence-corrected chi connectivity index (χ0v) is 7.64. The van der Waals surface area contributed by atoms with E-state index in [4.69, 9.17) is 5.73 Å². The molecule has 0 aromatic rings. The van der Waals surface area contributed by atoms with Crippen LogP contribution in [0.15, 0.2) is 0 Å². The summed E-state index contributed by atoms with van der Waals surface area (Å²) in [4.78, 5) is 0. The van der Waals surface area contributed by atoms with Crippen molar-refractivity contribution in [1.82, 2.24) is 5.32 Å². The zero-order chi connectivity index (χ0) is 8.27. The maximum Gasteiger partial charge on any atom is 0.00788 e. The van der Waals surface area contributed by atoms with Crippen LogP contribution in [0.25, 0.3) is 0 Å². The summed E-state index contributed by atoms with van der Waals surface area (Å²) in [5.41, 5.74) is 5.95. The van der Waals surface area contributed by atoms with Gasteiger partial charge in [-0.2, -0.15) is 0 Å². The first-order chi connectivity index (χ1) is 5.22. The molecular formula is C9H20N2. The number of nitrogens with two attached hydrogens (primary N) is 1.